The molecule has 0 bridgehead atoms. The van der Waals surface area contributed by atoms with Gasteiger partial charge in [0, 0.05) is 16.8 Å². The minimum atomic E-state index is 0.319. The summed E-state index contributed by atoms with van der Waals surface area (Å²) in [6.07, 6.45) is 4.10. The highest BCUT2D eigenvalue weighted by Crippen LogP contribution is 2.39. The van der Waals surface area contributed by atoms with E-state index in [1.54, 1.807) is 7.11 Å². The first-order chi connectivity index (χ1) is 10.3. The Morgan fingerprint density at radius 2 is 2.00 bits per heavy atom. The van der Waals surface area contributed by atoms with Crippen molar-refractivity contribution in [2.45, 2.75) is 25.7 Å². The van der Waals surface area contributed by atoms with Crippen LogP contribution in [0.2, 0.25) is 0 Å². The molecule has 0 spiro atoms. The van der Waals surface area contributed by atoms with Gasteiger partial charge in [-0.05, 0) is 37.3 Å². The maximum Gasteiger partial charge on any atom is 0.142 e. The first-order valence-electron chi connectivity index (χ1n) is 7.11. The standard InChI is InChI=1S/C17H17N3O/c1-21-15-9-5-3-7-12(15)16-11-6-2-4-8-14(11)20-17(19)13(16)10-18/h3,5,7,9H,2,4,6,8H2,1H3,(H2,19,20). The lowest BCUT2D eigenvalue weighted by atomic mass is 9.86. The van der Waals surface area contributed by atoms with E-state index in [1.807, 2.05) is 24.3 Å². The van der Waals surface area contributed by atoms with E-state index < -0.39 is 0 Å². The van der Waals surface area contributed by atoms with E-state index in [0.29, 0.717) is 11.4 Å². The van der Waals surface area contributed by atoms with Gasteiger partial charge < -0.3 is 10.5 Å². The van der Waals surface area contributed by atoms with Crippen LogP contribution in [0.15, 0.2) is 24.3 Å². The number of pyridine rings is 1. The van der Waals surface area contributed by atoms with Crippen LogP contribution in [0, 0.1) is 11.3 Å². The molecule has 1 aliphatic carbocycles. The van der Waals surface area contributed by atoms with Crippen LogP contribution in [-0.2, 0) is 12.8 Å². The number of hydrogen-bond acceptors (Lipinski definition) is 4. The highest BCUT2D eigenvalue weighted by molar-refractivity contribution is 5.82. The van der Waals surface area contributed by atoms with Gasteiger partial charge in [-0.3, -0.25) is 0 Å². The van der Waals surface area contributed by atoms with Gasteiger partial charge in [0.2, 0.25) is 0 Å². The fraction of sp³-hybridized carbons (Fsp3) is 0.294. The second-order valence-corrected chi connectivity index (χ2v) is 5.19. The van der Waals surface area contributed by atoms with Crippen molar-refractivity contribution in [3.05, 3.63) is 41.1 Å². The summed E-state index contributed by atoms with van der Waals surface area (Å²) in [5.74, 6) is 1.08. The Morgan fingerprint density at radius 1 is 1.24 bits per heavy atom. The summed E-state index contributed by atoms with van der Waals surface area (Å²) in [6.45, 7) is 0. The lowest BCUT2D eigenvalue weighted by Gasteiger charge is -2.22. The van der Waals surface area contributed by atoms with Gasteiger partial charge in [0.15, 0.2) is 0 Å². The van der Waals surface area contributed by atoms with Gasteiger partial charge in [-0.2, -0.15) is 5.26 Å². The number of hydrogen-bond donors (Lipinski definition) is 1. The van der Waals surface area contributed by atoms with Crippen molar-refractivity contribution in [2.24, 2.45) is 0 Å². The highest BCUT2D eigenvalue weighted by Gasteiger charge is 2.23. The minimum absolute atomic E-state index is 0.319. The van der Waals surface area contributed by atoms with Crippen LogP contribution >= 0.6 is 0 Å². The second kappa shape index (κ2) is 5.45. The number of aromatic nitrogens is 1. The molecule has 4 heteroatoms. The van der Waals surface area contributed by atoms with Crippen LogP contribution in [0.3, 0.4) is 0 Å². The Bertz CT molecular complexity index is 732. The normalized spacial score (nSPS) is 13.3. The van der Waals surface area contributed by atoms with Crippen LogP contribution < -0.4 is 10.5 Å². The Balaban J connectivity index is 2.35. The number of methoxy groups -OCH3 is 1. The van der Waals surface area contributed by atoms with Gasteiger partial charge in [0.05, 0.1) is 7.11 Å². The van der Waals surface area contributed by atoms with Crippen LogP contribution in [0.4, 0.5) is 5.82 Å². The third-order valence-electron chi connectivity index (χ3n) is 3.99. The van der Waals surface area contributed by atoms with Gasteiger partial charge in [-0.1, -0.05) is 18.2 Å². The van der Waals surface area contributed by atoms with Crippen molar-refractivity contribution in [1.82, 2.24) is 4.98 Å². The SMILES string of the molecule is COc1ccccc1-c1c(C#N)c(N)nc2c1CCCC2. The molecule has 1 heterocycles. The molecule has 0 atom stereocenters. The maximum absolute atomic E-state index is 9.51. The number of aryl methyl sites for hydroxylation is 1. The number of nitrogens with two attached hydrogens (primary N) is 1. The molecule has 0 amide bonds. The van der Waals surface area contributed by atoms with Crippen molar-refractivity contribution >= 4 is 5.82 Å². The number of ether oxygens (including phenoxy) is 1. The number of nitrogens with zero attached hydrogens (tertiary/aromatic N) is 2. The van der Waals surface area contributed by atoms with Crippen LogP contribution in [0.1, 0.15) is 29.7 Å². The number of anilines is 1. The third-order valence-corrected chi connectivity index (χ3v) is 3.99. The Hall–Kier alpha value is -2.54. The lowest BCUT2D eigenvalue weighted by Crippen LogP contribution is -2.12. The molecule has 106 valence electrons. The molecular formula is C17H17N3O. The number of fused-ring (bicyclic) bond motifs is 1. The van der Waals surface area contributed by atoms with E-state index >= 15 is 0 Å². The van der Waals surface area contributed by atoms with Crippen molar-refractivity contribution in [2.75, 3.05) is 12.8 Å². The van der Waals surface area contributed by atoms with Crippen molar-refractivity contribution in [3.8, 4) is 22.9 Å². The molecule has 0 fully saturated rings. The summed E-state index contributed by atoms with van der Waals surface area (Å²) < 4.78 is 5.46. The van der Waals surface area contributed by atoms with Gasteiger partial charge in [0.25, 0.3) is 0 Å². The molecule has 1 aliphatic rings. The first kappa shape index (κ1) is 13.4. The summed E-state index contributed by atoms with van der Waals surface area (Å²) in [4.78, 5) is 4.44. The monoisotopic (exact) mass is 279 g/mol. The molecular weight excluding hydrogens is 262 g/mol. The number of para-hydroxylation sites is 1. The van der Waals surface area contributed by atoms with E-state index in [9.17, 15) is 5.26 Å². The van der Waals surface area contributed by atoms with Gasteiger partial charge in [-0.25, -0.2) is 4.98 Å². The van der Waals surface area contributed by atoms with Crippen LogP contribution in [-0.4, -0.2) is 12.1 Å². The van der Waals surface area contributed by atoms with Crippen molar-refractivity contribution in [3.63, 3.8) is 0 Å². The zero-order valence-corrected chi connectivity index (χ0v) is 12.0. The zero-order chi connectivity index (χ0) is 14.8. The molecule has 2 N–H and O–H groups in total. The predicted octanol–water partition coefficient (Wildman–Crippen LogP) is 3.09. The minimum Gasteiger partial charge on any atom is -0.496 e. The topological polar surface area (TPSA) is 71.9 Å². The second-order valence-electron chi connectivity index (χ2n) is 5.19. The molecule has 1 aromatic heterocycles. The van der Waals surface area contributed by atoms with Crippen molar-refractivity contribution < 1.29 is 4.74 Å². The summed E-state index contributed by atoms with van der Waals surface area (Å²) in [7, 11) is 1.64. The van der Waals surface area contributed by atoms with Gasteiger partial charge in [-0.15, -0.1) is 0 Å². The van der Waals surface area contributed by atoms with E-state index in [-0.39, 0.29) is 0 Å². The summed E-state index contributed by atoms with van der Waals surface area (Å²) >= 11 is 0. The molecule has 0 saturated heterocycles. The summed E-state index contributed by atoms with van der Waals surface area (Å²) in [5.41, 5.74) is 10.5. The average molecular weight is 279 g/mol. The fourth-order valence-electron chi connectivity index (χ4n) is 3.02. The van der Waals surface area contributed by atoms with Crippen LogP contribution in [0.5, 0.6) is 5.75 Å². The molecule has 4 nitrogen and oxygen atoms in total. The Kier molecular flexibility index (Phi) is 3.49. The molecule has 0 aliphatic heterocycles. The zero-order valence-electron chi connectivity index (χ0n) is 12.0. The number of rotatable bonds is 2. The molecule has 0 unspecified atom stereocenters. The first-order valence-corrected chi connectivity index (χ1v) is 7.11. The third kappa shape index (κ3) is 2.21. The molecule has 21 heavy (non-hydrogen) atoms. The molecule has 0 radical (unpaired) electrons. The highest BCUT2D eigenvalue weighted by atomic mass is 16.5. The van der Waals surface area contributed by atoms with E-state index in [4.69, 9.17) is 10.5 Å². The van der Waals surface area contributed by atoms with Gasteiger partial charge >= 0.3 is 0 Å². The number of nitriles is 1. The van der Waals surface area contributed by atoms with E-state index in [2.05, 4.69) is 11.1 Å². The summed E-state index contributed by atoms with van der Waals surface area (Å²) in [6, 6.07) is 9.97. The summed E-state index contributed by atoms with van der Waals surface area (Å²) in [5, 5.41) is 9.51. The Morgan fingerprint density at radius 3 is 2.76 bits per heavy atom. The smallest absolute Gasteiger partial charge is 0.142 e. The average Bonchev–Trinajstić information content (AvgIpc) is 2.53. The number of benzene rings is 1. The Labute approximate surface area is 124 Å². The molecule has 3 rings (SSSR count). The van der Waals surface area contributed by atoms with E-state index in [1.165, 1.54) is 0 Å². The molecule has 1 aromatic carbocycles. The van der Waals surface area contributed by atoms with Gasteiger partial charge in [0.1, 0.15) is 23.2 Å². The van der Waals surface area contributed by atoms with Crippen LogP contribution in [0.25, 0.3) is 11.1 Å². The van der Waals surface area contributed by atoms with Crippen molar-refractivity contribution in [1.29, 1.82) is 5.26 Å². The van der Waals surface area contributed by atoms with E-state index in [0.717, 1.165) is 53.8 Å². The maximum atomic E-state index is 9.51. The fourth-order valence-corrected chi connectivity index (χ4v) is 3.02. The lowest BCUT2D eigenvalue weighted by molar-refractivity contribution is 0.416. The molecule has 0 saturated carbocycles. The largest absolute Gasteiger partial charge is 0.496 e. The number of nitrogen functional groups attached to an aromatic ring is 1. The molecule has 2 aromatic rings. The quantitative estimate of drug-likeness (QED) is 0.917. The predicted molar refractivity (Wildman–Crippen MR) is 82.0 cm³/mol.